The van der Waals surface area contributed by atoms with E-state index in [0.717, 1.165) is 51.8 Å². The molecule has 0 radical (unpaired) electrons. The fourth-order valence-corrected chi connectivity index (χ4v) is 6.41. The molecule has 10 heteroatoms. The number of nitrogens with one attached hydrogen (secondary N) is 1. The minimum absolute atomic E-state index is 0.0467. The molecule has 7 nitrogen and oxygen atoms in total. The second-order valence-electron chi connectivity index (χ2n) is 10.5. The first-order chi connectivity index (χ1) is 19.5. The van der Waals surface area contributed by atoms with Crippen molar-refractivity contribution >= 4 is 55.1 Å². The molecule has 0 heterocycles. The van der Waals surface area contributed by atoms with Gasteiger partial charge in [0.05, 0.1) is 11.9 Å². The molecular formula is C31H35BrClN3O4S. The standard InChI is InChI=1S/C31H35BrClN3O4S/c1-22-18-26(16-17-27(22)32)36(41(2,39)40)21-30(37)35(20-24-12-6-9-15-28(24)33)29(19-23-10-4-3-5-11-23)31(38)34-25-13-7-8-14-25/h3-6,9-12,15-18,25,29H,7-8,13-14,19-21H2,1-2H3,(H,34,38). The summed E-state index contributed by atoms with van der Waals surface area (Å²) in [6.45, 7) is 1.43. The lowest BCUT2D eigenvalue weighted by Gasteiger charge is -2.34. The normalized spacial score (nSPS) is 14.4. The lowest BCUT2D eigenvalue weighted by atomic mass is 10.0. The molecule has 4 rings (SSSR count). The van der Waals surface area contributed by atoms with Gasteiger partial charge in [-0.05, 0) is 60.7 Å². The maximum atomic E-state index is 14.2. The molecule has 1 aliphatic rings. The van der Waals surface area contributed by atoms with Gasteiger partial charge in [-0.15, -0.1) is 0 Å². The first-order valence-electron chi connectivity index (χ1n) is 13.6. The van der Waals surface area contributed by atoms with Gasteiger partial charge in [-0.25, -0.2) is 8.42 Å². The molecule has 3 aromatic rings. The van der Waals surface area contributed by atoms with Gasteiger partial charge in [0.2, 0.25) is 21.8 Å². The molecule has 1 N–H and O–H groups in total. The molecule has 1 atom stereocenters. The number of rotatable bonds is 11. The Kier molecular flexibility index (Phi) is 10.5. The van der Waals surface area contributed by atoms with Crippen molar-refractivity contribution in [2.45, 2.75) is 57.7 Å². The largest absolute Gasteiger partial charge is 0.352 e. The summed E-state index contributed by atoms with van der Waals surface area (Å²) in [5, 5.41) is 3.62. The highest BCUT2D eigenvalue weighted by Gasteiger charge is 2.34. The lowest BCUT2D eigenvalue weighted by Crippen LogP contribution is -2.54. The molecule has 3 aromatic carbocycles. The van der Waals surface area contributed by atoms with Gasteiger partial charge in [0.1, 0.15) is 12.6 Å². The van der Waals surface area contributed by atoms with E-state index in [-0.39, 0.29) is 24.9 Å². The van der Waals surface area contributed by atoms with Crippen LogP contribution in [0.5, 0.6) is 0 Å². The zero-order chi connectivity index (χ0) is 29.6. The number of nitrogens with zero attached hydrogens (tertiary/aromatic N) is 2. The van der Waals surface area contributed by atoms with E-state index in [1.165, 1.54) is 4.90 Å². The summed E-state index contributed by atoms with van der Waals surface area (Å²) in [6.07, 6.45) is 5.23. The molecule has 1 fully saturated rings. The third-order valence-electron chi connectivity index (χ3n) is 7.38. The van der Waals surface area contributed by atoms with E-state index in [4.69, 9.17) is 11.6 Å². The molecular weight excluding hydrogens is 626 g/mol. The SMILES string of the molecule is Cc1cc(N(CC(=O)N(Cc2ccccc2Cl)C(Cc2ccccc2)C(=O)NC2CCCC2)S(C)(=O)=O)ccc1Br. The van der Waals surface area contributed by atoms with Gasteiger partial charge < -0.3 is 10.2 Å². The van der Waals surface area contributed by atoms with Crippen LogP contribution in [-0.2, 0) is 32.6 Å². The first kappa shape index (κ1) is 31.1. The van der Waals surface area contributed by atoms with Gasteiger partial charge in [-0.2, -0.15) is 0 Å². The molecule has 0 aromatic heterocycles. The fourth-order valence-electron chi connectivity index (χ4n) is 5.13. The van der Waals surface area contributed by atoms with E-state index >= 15 is 0 Å². The molecule has 2 amide bonds. The van der Waals surface area contributed by atoms with Gasteiger partial charge in [-0.3, -0.25) is 13.9 Å². The van der Waals surface area contributed by atoms with Crippen LogP contribution in [0.3, 0.4) is 0 Å². The fraction of sp³-hybridized carbons (Fsp3) is 0.355. The zero-order valence-electron chi connectivity index (χ0n) is 23.2. The van der Waals surface area contributed by atoms with E-state index in [1.807, 2.05) is 49.4 Å². The number of carbonyl (C=O) groups is 2. The number of anilines is 1. The van der Waals surface area contributed by atoms with Gasteiger partial charge in [0.25, 0.3) is 0 Å². The van der Waals surface area contributed by atoms with Crippen LogP contribution in [0.25, 0.3) is 0 Å². The van der Waals surface area contributed by atoms with Crippen molar-refractivity contribution in [3.8, 4) is 0 Å². The Hall–Kier alpha value is -2.88. The minimum Gasteiger partial charge on any atom is -0.352 e. The third-order valence-corrected chi connectivity index (χ3v) is 9.78. The summed E-state index contributed by atoms with van der Waals surface area (Å²) in [5.41, 5.74) is 2.75. The third kappa shape index (κ3) is 8.33. The monoisotopic (exact) mass is 659 g/mol. The van der Waals surface area contributed by atoms with Crippen molar-refractivity contribution in [3.63, 3.8) is 0 Å². The van der Waals surface area contributed by atoms with Crippen molar-refractivity contribution < 1.29 is 18.0 Å². The summed E-state index contributed by atoms with van der Waals surface area (Å²) in [4.78, 5) is 29.6. The van der Waals surface area contributed by atoms with Gasteiger partial charge >= 0.3 is 0 Å². The number of hydrogen-bond acceptors (Lipinski definition) is 4. The number of carbonyl (C=O) groups excluding carboxylic acids is 2. The molecule has 0 aliphatic heterocycles. The van der Waals surface area contributed by atoms with Crippen molar-refractivity contribution in [2.24, 2.45) is 0 Å². The predicted molar refractivity (Wildman–Crippen MR) is 167 cm³/mol. The van der Waals surface area contributed by atoms with Gasteiger partial charge in [0, 0.05) is 28.5 Å². The second kappa shape index (κ2) is 13.9. The summed E-state index contributed by atoms with van der Waals surface area (Å²) < 4.78 is 27.8. The predicted octanol–water partition coefficient (Wildman–Crippen LogP) is 5.88. The van der Waals surface area contributed by atoms with Crippen molar-refractivity contribution in [2.75, 3.05) is 17.1 Å². The molecule has 0 spiro atoms. The van der Waals surface area contributed by atoms with Crippen LogP contribution in [0.15, 0.2) is 77.3 Å². The molecule has 0 saturated heterocycles. The average Bonchev–Trinajstić information content (AvgIpc) is 3.44. The summed E-state index contributed by atoms with van der Waals surface area (Å²) >= 11 is 9.96. The van der Waals surface area contributed by atoms with Crippen LogP contribution in [-0.4, -0.2) is 50.0 Å². The van der Waals surface area contributed by atoms with Crippen LogP contribution in [0, 0.1) is 6.92 Å². The number of benzene rings is 3. The van der Waals surface area contributed by atoms with Gasteiger partial charge in [0.15, 0.2) is 0 Å². The van der Waals surface area contributed by atoms with E-state index < -0.39 is 28.5 Å². The van der Waals surface area contributed by atoms with Gasteiger partial charge in [-0.1, -0.05) is 88.9 Å². The maximum Gasteiger partial charge on any atom is 0.244 e. The second-order valence-corrected chi connectivity index (χ2v) is 13.7. The van der Waals surface area contributed by atoms with E-state index in [9.17, 15) is 18.0 Å². The van der Waals surface area contributed by atoms with Crippen molar-refractivity contribution in [3.05, 3.63) is 99.0 Å². The number of halogens is 2. The van der Waals surface area contributed by atoms with Crippen molar-refractivity contribution in [1.82, 2.24) is 10.2 Å². The van der Waals surface area contributed by atoms with E-state index in [0.29, 0.717) is 16.3 Å². The zero-order valence-corrected chi connectivity index (χ0v) is 26.4. The maximum absolute atomic E-state index is 14.2. The van der Waals surface area contributed by atoms with Crippen LogP contribution < -0.4 is 9.62 Å². The highest BCUT2D eigenvalue weighted by molar-refractivity contribution is 9.10. The van der Waals surface area contributed by atoms with Crippen LogP contribution >= 0.6 is 27.5 Å². The highest BCUT2D eigenvalue weighted by atomic mass is 79.9. The Morgan fingerprint density at radius 1 is 1.02 bits per heavy atom. The summed E-state index contributed by atoms with van der Waals surface area (Å²) in [5.74, 6) is -0.759. The molecule has 1 aliphatic carbocycles. The average molecular weight is 661 g/mol. The quantitative estimate of drug-likeness (QED) is 0.279. The summed E-state index contributed by atoms with van der Waals surface area (Å²) in [7, 11) is -3.84. The van der Waals surface area contributed by atoms with Crippen LogP contribution in [0.4, 0.5) is 5.69 Å². The molecule has 1 saturated carbocycles. The molecule has 218 valence electrons. The molecule has 41 heavy (non-hydrogen) atoms. The molecule has 1 unspecified atom stereocenters. The number of sulfonamides is 1. The Balaban J connectivity index is 1.74. The van der Waals surface area contributed by atoms with E-state index in [1.54, 1.807) is 30.3 Å². The van der Waals surface area contributed by atoms with Crippen LogP contribution in [0.1, 0.15) is 42.4 Å². The highest BCUT2D eigenvalue weighted by Crippen LogP contribution is 2.26. The molecule has 0 bridgehead atoms. The first-order valence-corrected chi connectivity index (χ1v) is 16.7. The van der Waals surface area contributed by atoms with E-state index in [2.05, 4.69) is 21.2 Å². The smallest absolute Gasteiger partial charge is 0.244 e. The Morgan fingerprint density at radius 2 is 1.68 bits per heavy atom. The number of amides is 2. The summed E-state index contributed by atoms with van der Waals surface area (Å²) in [6, 6.07) is 21.0. The van der Waals surface area contributed by atoms with Crippen LogP contribution in [0.2, 0.25) is 5.02 Å². The Labute approximate surface area is 256 Å². The Bertz CT molecular complexity index is 1480. The number of hydrogen-bond donors (Lipinski definition) is 1. The number of aryl methyl sites for hydroxylation is 1. The lowest BCUT2D eigenvalue weighted by molar-refractivity contribution is -0.140. The minimum atomic E-state index is -3.84. The topological polar surface area (TPSA) is 86.8 Å². The van der Waals surface area contributed by atoms with Crippen molar-refractivity contribution in [1.29, 1.82) is 0 Å². The Morgan fingerprint density at radius 3 is 2.32 bits per heavy atom.